The molecule has 2 N–H and O–H groups in total. The predicted molar refractivity (Wildman–Crippen MR) is 125 cm³/mol. The van der Waals surface area contributed by atoms with Gasteiger partial charge in [0, 0.05) is 25.2 Å². The third-order valence-corrected chi connectivity index (χ3v) is 5.92. The number of benzene rings is 1. The van der Waals surface area contributed by atoms with Crippen LogP contribution in [0, 0.1) is 11.8 Å². The van der Waals surface area contributed by atoms with Crippen LogP contribution < -0.4 is 5.32 Å². The second kappa shape index (κ2) is 11.3. The molecule has 0 saturated heterocycles. The summed E-state index contributed by atoms with van der Waals surface area (Å²) >= 11 is 6.02. The highest BCUT2D eigenvalue weighted by atomic mass is 35.5. The van der Waals surface area contributed by atoms with Gasteiger partial charge in [-0.15, -0.1) is 0 Å². The summed E-state index contributed by atoms with van der Waals surface area (Å²) in [6.07, 6.45) is 5.33. The number of amides is 1. The largest absolute Gasteiger partial charge is 0.506 e. The lowest BCUT2D eigenvalue weighted by atomic mass is 9.92. The predicted octanol–water partition coefficient (Wildman–Crippen LogP) is 4.07. The summed E-state index contributed by atoms with van der Waals surface area (Å²) in [6.45, 7) is 7.86. The Balaban J connectivity index is 1.95. The number of likely N-dealkylation sites (N-methyl/N-ethyl adjacent to an activating group) is 1. The minimum atomic E-state index is 0.0535. The van der Waals surface area contributed by atoms with Crippen LogP contribution in [0.5, 0.6) is 5.75 Å². The quantitative estimate of drug-likeness (QED) is 0.432. The van der Waals surface area contributed by atoms with Gasteiger partial charge in [-0.3, -0.25) is 4.79 Å². The Kier molecular flexibility index (Phi) is 9.06. The van der Waals surface area contributed by atoms with Crippen molar-refractivity contribution in [1.82, 2.24) is 10.2 Å². The molecular weight excluding hydrogens is 400 g/mol. The summed E-state index contributed by atoms with van der Waals surface area (Å²) < 4.78 is 0. The van der Waals surface area contributed by atoms with Gasteiger partial charge in [-0.25, -0.2) is 9.98 Å². The van der Waals surface area contributed by atoms with E-state index in [1.165, 1.54) is 0 Å². The highest BCUT2D eigenvalue weighted by molar-refractivity contribution is 6.32. The first kappa shape index (κ1) is 24.1. The lowest BCUT2D eigenvalue weighted by molar-refractivity contribution is -0.122. The maximum absolute atomic E-state index is 12.7. The van der Waals surface area contributed by atoms with E-state index in [0.717, 1.165) is 30.4 Å². The Morgan fingerprint density at radius 1 is 1.40 bits per heavy atom. The van der Waals surface area contributed by atoms with E-state index in [4.69, 9.17) is 11.6 Å². The molecule has 30 heavy (non-hydrogen) atoms. The standard InChI is InChI=1S/C23H33ClN4O2/c1-15(13-26-16(2)25-3)20(18-7-8-18)12-23(30)27-14-19(28(4)5)10-17-6-9-22(29)21(24)11-17/h6,9,11,13,18-20,29H,3,7-8,10,12,14H2,1-2,4-5H3,(H,27,30)/b15-13+,26-16?/t19-,20-/m0/s1. The van der Waals surface area contributed by atoms with Crippen LogP contribution >= 0.6 is 11.6 Å². The van der Waals surface area contributed by atoms with E-state index in [-0.39, 0.29) is 23.6 Å². The van der Waals surface area contributed by atoms with Crippen LogP contribution in [0.25, 0.3) is 0 Å². The second-order valence-corrected chi connectivity index (χ2v) is 8.67. The van der Waals surface area contributed by atoms with Gasteiger partial charge >= 0.3 is 0 Å². The third kappa shape index (κ3) is 7.58. The van der Waals surface area contributed by atoms with Gasteiger partial charge in [-0.05, 0) is 83.5 Å². The number of carbonyl (C=O) groups excluding carboxylic acids is 1. The van der Waals surface area contributed by atoms with Crippen LogP contribution in [0.3, 0.4) is 0 Å². The molecule has 0 spiro atoms. The number of phenolic OH excluding ortho intramolecular Hbond substituents is 1. The molecule has 1 fully saturated rings. The van der Waals surface area contributed by atoms with Crippen LogP contribution in [0.15, 0.2) is 40.0 Å². The number of nitrogens with one attached hydrogen (secondary N) is 1. The molecule has 6 nitrogen and oxygen atoms in total. The van der Waals surface area contributed by atoms with E-state index in [9.17, 15) is 9.90 Å². The average molecular weight is 433 g/mol. The first-order chi connectivity index (χ1) is 14.2. The molecule has 2 rings (SSSR count). The second-order valence-electron chi connectivity index (χ2n) is 8.27. The summed E-state index contributed by atoms with van der Waals surface area (Å²) in [5.41, 5.74) is 2.13. The number of rotatable bonds is 10. The Morgan fingerprint density at radius 2 is 2.10 bits per heavy atom. The normalized spacial score (nSPS) is 17.0. The van der Waals surface area contributed by atoms with Gasteiger partial charge < -0.3 is 15.3 Å². The zero-order valence-corrected chi connectivity index (χ0v) is 19.1. The van der Waals surface area contributed by atoms with Gasteiger partial charge in [0.05, 0.1) is 5.02 Å². The first-order valence-corrected chi connectivity index (χ1v) is 10.7. The van der Waals surface area contributed by atoms with Crippen molar-refractivity contribution < 1.29 is 9.90 Å². The molecule has 7 heteroatoms. The van der Waals surface area contributed by atoms with Crippen LogP contribution in [-0.2, 0) is 11.2 Å². The van der Waals surface area contributed by atoms with Crippen molar-refractivity contribution in [3.05, 3.63) is 40.6 Å². The number of phenols is 1. The van der Waals surface area contributed by atoms with Crippen molar-refractivity contribution in [2.24, 2.45) is 21.8 Å². The molecule has 1 amide bonds. The van der Waals surface area contributed by atoms with E-state index in [2.05, 4.69) is 26.9 Å². The van der Waals surface area contributed by atoms with E-state index >= 15 is 0 Å². The molecule has 0 radical (unpaired) electrons. The van der Waals surface area contributed by atoms with Crippen molar-refractivity contribution >= 4 is 30.1 Å². The molecule has 1 aliphatic rings. The molecule has 1 aromatic rings. The van der Waals surface area contributed by atoms with Gasteiger partial charge in [0.25, 0.3) is 0 Å². The molecule has 1 saturated carbocycles. The molecule has 0 bridgehead atoms. The van der Waals surface area contributed by atoms with Gasteiger partial charge in [-0.1, -0.05) is 23.2 Å². The van der Waals surface area contributed by atoms with Crippen molar-refractivity contribution in [1.29, 1.82) is 0 Å². The number of nitrogens with zero attached hydrogens (tertiary/aromatic N) is 3. The molecular formula is C23H33ClN4O2. The summed E-state index contributed by atoms with van der Waals surface area (Å²) in [7, 11) is 3.99. The summed E-state index contributed by atoms with van der Waals surface area (Å²) in [5, 5.41) is 13.0. The molecule has 164 valence electrons. The van der Waals surface area contributed by atoms with E-state index in [1.807, 2.05) is 33.3 Å². The number of aromatic hydroxyl groups is 1. The van der Waals surface area contributed by atoms with Crippen molar-refractivity contribution in [3.8, 4) is 5.75 Å². The highest BCUT2D eigenvalue weighted by Gasteiger charge is 2.33. The van der Waals surface area contributed by atoms with Gasteiger partial charge in [-0.2, -0.15) is 0 Å². The lowest BCUT2D eigenvalue weighted by Crippen LogP contribution is -2.42. The average Bonchev–Trinajstić information content (AvgIpc) is 3.54. The minimum absolute atomic E-state index is 0.0535. The maximum Gasteiger partial charge on any atom is 0.220 e. The monoisotopic (exact) mass is 432 g/mol. The highest BCUT2D eigenvalue weighted by Crippen LogP contribution is 2.42. The Morgan fingerprint density at radius 3 is 2.67 bits per heavy atom. The molecule has 0 unspecified atom stereocenters. The molecule has 0 aliphatic heterocycles. The summed E-state index contributed by atoms with van der Waals surface area (Å²) in [5.74, 6) is 1.52. The molecule has 0 aromatic heterocycles. The van der Waals surface area contributed by atoms with E-state index < -0.39 is 0 Å². The maximum atomic E-state index is 12.7. The van der Waals surface area contributed by atoms with Crippen LogP contribution in [0.1, 0.15) is 38.7 Å². The molecule has 1 aliphatic carbocycles. The summed E-state index contributed by atoms with van der Waals surface area (Å²) in [6, 6.07) is 5.35. The SMILES string of the molecule is C=NC(C)=N/C=C(\C)[C@H](CC(=O)NC[C@H](Cc1ccc(O)c(Cl)c1)N(C)C)C1CC1. The van der Waals surface area contributed by atoms with Crippen molar-refractivity contribution in [2.75, 3.05) is 20.6 Å². The third-order valence-electron chi connectivity index (χ3n) is 5.61. The minimum Gasteiger partial charge on any atom is -0.506 e. The fraction of sp³-hybridized carbons (Fsp3) is 0.522. The fourth-order valence-electron chi connectivity index (χ4n) is 3.42. The Labute approximate surface area is 184 Å². The number of allylic oxidation sites excluding steroid dienone is 1. The zero-order valence-electron chi connectivity index (χ0n) is 18.4. The lowest BCUT2D eigenvalue weighted by Gasteiger charge is -2.25. The summed E-state index contributed by atoms with van der Waals surface area (Å²) in [4.78, 5) is 22.9. The van der Waals surface area contributed by atoms with Gasteiger partial charge in [0.2, 0.25) is 5.91 Å². The smallest absolute Gasteiger partial charge is 0.220 e. The van der Waals surface area contributed by atoms with Crippen LogP contribution in [0.4, 0.5) is 0 Å². The molecule has 1 aromatic carbocycles. The number of carbonyl (C=O) groups is 1. The molecule has 2 atom stereocenters. The number of amidine groups is 1. The van der Waals surface area contributed by atoms with E-state index in [1.54, 1.807) is 19.1 Å². The van der Waals surface area contributed by atoms with Crippen molar-refractivity contribution in [3.63, 3.8) is 0 Å². The first-order valence-electron chi connectivity index (χ1n) is 10.3. The van der Waals surface area contributed by atoms with Gasteiger partial charge in [0.15, 0.2) is 0 Å². The topological polar surface area (TPSA) is 77.3 Å². The van der Waals surface area contributed by atoms with Crippen molar-refractivity contribution in [2.45, 2.75) is 45.6 Å². The number of halogens is 1. The number of hydrogen-bond acceptors (Lipinski definition) is 4. The van der Waals surface area contributed by atoms with E-state index in [0.29, 0.717) is 29.7 Å². The van der Waals surface area contributed by atoms with Crippen LogP contribution in [0.2, 0.25) is 5.02 Å². The van der Waals surface area contributed by atoms with Crippen LogP contribution in [-0.4, -0.2) is 55.1 Å². The number of hydrogen-bond donors (Lipinski definition) is 2. The molecule has 0 heterocycles. The Bertz CT molecular complexity index is 815. The Hall–Kier alpha value is -2.18. The zero-order chi connectivity index (χ0) is 22.3. The van der Waals surface area contributed by atoms with Gasteiger partial charge in [0.1, 0.15) is 11.6 Å². The number of aliphatic imine (C=N–C) groups is 2. The fourth-order valence-corrected chi connectivity index (χ4v) is 3.62.